The lowest BCUT2D eigenvalue weighted by Gasteiger charge is -2.28. The second-order valence-electron chi connectivity index (χ2n) is 8.61. The number of hydrogen-bond acceptors (Lipinski definition) is 3. The Morgan fingerprint density at radius 1 is 1.17 bits per heavy atom. The quantitative estimate of drug-likeness (QED) is 0.697. The van der Waals surface area contributed by atoms with Crippen molar-refractivity contribution in [1.29, 1.82) is 0 Å². The highest BCUT2D eigenvalue weighted by Crippen LogP contribution is 2.37. The molecule has 0 saturated heterocycles. The number of amides is 2. The van der Waals surface area contributed by atoms with Gasteiger partial charge in [-0.3, -0.25) is 9.59 Å². The molecule has 2 aromatic rings. The van der Waals surface area contributed by atoms with Gasteiger partial charge in [-0.15, -0.1) is 0 Å². The van der Waals surface area contributed by atoms with Gasteiger partial charge in [0.15, 0.2) is 0 Å². The lowest BCUT2D eigenvalue weighted by molar-refractivity contribution is -0.128. The van der Waals surface area contributed by atoms with Crippen molar-refractivity contribution in [2.75, 3.05) is 11.9 Å². The normalized spacial score (nSPS) is 18.4. The molecular weight excluding hydrogens is 388 g/mol. The Labute approximate surface area is 175 Å². The smallest absolute Gasteiger partial charge is 0.242 e. The fourth-order valence-corrected chi connectivity index (χ4v) is 3.71. The van der Waals surface area contributed by atoms with Gasteiger partial charge in [0, 0.05) is 18.3 Å². The maximum atomic E-state index is 13.3. The molecule has 0 spiro atoms. The summed E-state index contributed by atoms with van der Waals surface area (Å²) in [6.45, 7) is 6.64. The third kappa shape index (κ3) is 5.55. The Morgan fingerprint density at radius 3 is 2.53 bits per heavy atom. The largest absolute Gasteiger partial charge is 0.384 e. The molecule has 3 N–H and O–H groups in total. The van der Waals surface area contributed by atoms with Crippen LogP contribution in [0.1, 0.15) is 44.4 Å². The van der Waals surface area contributed by atoms with E-state index in [2.05, 4.69) is 29.8 Å². The van der Waals surface area contributed by atoms with Crippen LogP contribution in [-0.2, 0) is 16.0 Å². The van der Waals surface area contributed by atoms with Gasteiger partial charge in [0.05, 0.1) is 12.5 Å². The minimum absolute atomic E-state index is 0.0368. The molecule has 1 heterocycles. The van der Waals surface area contributed by atoms with E-state index in [1.54, 1.807) is 6.92 Å². The number of carbonyl (C=O) groups is 2. The summed E-state index contributed by atoms with van der Waals surface area (Å²) in [5, 5.41) is 9.08. The summed E-state index contributed by atoms with van der Waals surface area (Å²) < 4.78 is 26.6. The van der Waals surface area contributed by atoms with E-state index in [0.29, 0.717) is 0 Å². The molecule has 1 aliphatic heterocycles. The minimum Gasteiger partial charge on any atom is -0.384 e. The number of benzene rings is 2. The maximum absolute atomic E-state index is 13.3. The standard InChI is InChI=1S/C23H27F2N3O2/c1-14(27-21(29)10-15-8-16(24)11-17(25)9-15)22(30)28-20-12-23(2,3)13-26-19-7-5-4-6-18(19)20/h4-9,11,14,20,26H,10,12-13H2,1-3H3,(H,27,29)(H,28,30)/t14-,20?/m0/s1. The van der Waals surface area contributed by atoms with Gasteiger partial charge in [0.2, 0.25) is 11.8 Å². The summed E-state index contributed by atoms with van der Waals surface area (Å²) in [6, 6.07) is 9.81. The molecule has 30 heavy (non-hydrogen) atoms. The monoisotopic (exact) mass is 415 g/mol. The van der Waals surface area contributed by atoms with Crippen LogP contribution in [0.4, 0.5) is 14.5 Å². The van der Waals surface area contributed by atoms with Gasteiger partial charge in [-0.1, -0.05) is 32.0 Å². The van der Waals surface area contributed by atoms with Crippen LogP contribution in [0.3, 0.4) is 0 Å². The zero-order chi connectivity index (χ0) is 21.9. The van der Waals surface area contributed by atoms with E-state index in [1.165, 1.54) is 0 Å². The van der Waals surface area contributed by atoms with Crippen LogP contribution in [-0.4, -0.2) is 24.4 Å². The predicted octanol–water partition coefficient (Wildman–Crippen LogP) is 3.71. The zero-order valence-electron chi connectivity index (χ0n) is 17.4. The van der Waals surface area contributed by atoms with Crippen molar-refractivity contribution >= 4 is 17.5 Å². The van der Waals surface area contributed by atoms with Crippen molar-refractivity contribution < 1.29 is 18.4 Å². The first kappa shape index (κ1) is 21.7. The Morgan fingerprint density at radius 2 is 1.83 bits per heavy atom. The molecule has 1 unspecified atom stereocenters. The first-order valence-corrected chi connectivity index (χ1v) is 10.0. The van der Waals surface area contributed by atoms with E-state index < -0.39 is 23.6 Å². The van der Waals surface area contributed by atoms with Crippen LogP contribution in [0.5, 0.6) is 0 Å². The molecule has 0 saturated carbocycles. The van der Waals surface area contributed by atoms with Crippen molar-refractivity contribution in [3.63, 3.8) is 0 Å². The van der Waals surface area contributed by atoms with Gasteiger partial charge in [0.25, 0.3) is 0 Å². The number of fused-ring (bicyclic) bond motifs is 1. The fraction of sp³-hybridized carbons (Fsp3) is 0.391. The van der Waals surface area contributed by atoms with Crippen LogP contribution in [0.25, 0.3) is 0 Å². The molecule has 160 valence electrons. The summed E-state index contributed by atoms with van der Waals surface area (Å²) in [7, 11) is 0. The van der Waals surface area contributed by atoms with Crippen LogP contribution in [0, 0.1) is 17.0 Å². The molecule has 0 radical (unpaired) electrons. The van der Waals surface area contributed by atoms with Gasteiger partial charge < -0.3 is 16.0 Å². The number of carbonyl (C=O) groups excluding carboxylic acids is 2. The Balaban J connectivity index is 1.65. The molecule has 3 rings (SSSR count). The third-order valence-corrected chi connectivity index (χ3v) is 5.22. The van der Waals surface area contributed by atoms with Crippen LogP contribution >= 0.6 is 0 Å². The lowest BCUT2D eigenvalue weighted by atomic mass is 9.84. The second kappa shape index (κ2) is 8.81. The summed E-state index contributed by atoms with van der Waals surface area (Å²) in [5.74, 6) is -2.28. The highest BCUT2D eigenvalue weighted by atomic mass is 19.1. The van der Waals surface area contributed by atoms with E-state index in [4.69, 9.17) is 0 Å². The number of para-hydroxylation sites is 1. The average molecular weight is 415 g/mol. The number of rotatable bonds is 5. The van der Waals surface area contributed by atoms with Gasteiger partial charge in [-0.05, 0) is 48.1 Å². The van der Waals surface area contributed by atoms with Crippen LogP contribution in [0.15, 0.2) is 42.5 Å². The Hall–Kier alpha value is -2.96. The van der Waals surface area contributed by atoms with E-state index in [1.807, 2.05) is 24.3 Å². The van der Waals surface area contributed by atoms with Crippen molar-refractivity contribution in [3.8, 4) is 0 Å². The molecule has 2 aromatic carbocycles. The molecule has 0 aromatic heterocycles. The minimum atomic E-state index is -0.789. The topological polar surface area (TPSA) is 70.2 Å². The van der Waals surface area contributed by atoms with Crippen molar-refractivity contribution in [3.05, 3.63) is 65.2 Å². The summed E-state index contributed by atoms with van der Waals surface area (Å²) in [4.78, 5) is 25.0. The molecule has 1 aliphatic rings. The predicted molar refractivity (Wildman–Crippen MR) is 112 cm³/mol. The molecule has 0 aliphatic carbocycles. The van der Waals surface area contributed by atoms with Gasteiger partial charge >= 0.3 is 0 Å². The molecule has 2 atom stereocenters. The first-order chi connectivity index (χ1) is 14.1. The molecule has 2 amide bonds. The molecule has 5 nitrogen and oxygen atoms in total. The van der Waals surface area contributed by atoms with Crippen molar-refractivity contribution in [1.82, 2.24) is 10.6 Å². The summed E-state index contributed by atoms with van der Waals surface area (Å²) in [5.41, 5.74) is 2.16. The highest BCUT2D eigenvalue weighted by molar-refractivity contribution is 5.88. The Bertz CT molecular complexity index is 926. The Kier molecular flexibility index (Phi) is 6.39. The maximum Gasteiger partial charge on any atom is 0.242 e. The first-order valence-electron chi connectivity index (χ1n) is 10.0. The second-order valence-corrected chi connectivity index (χ2v) is 8.61. The lowest BCUT2D eigenvalue weighted by Crippen LogP contribution is -2.46. The summed E-state index contributed by atoms with van der Waals surface area (Å²) in [6.07, 6.45) is 0.529. The van der Waals surface area contributed by atoms with Gasteiger partial charge in [0.1, 0.15) is 17.7 Å². The van der Waals surface area contributed by atoms with Crippen LogP contribution in [0.2, 0.25) is 0 Å². The van der Waals surface area contributed by atoms with Gasteiger partial charge in [-0.25, -0.2) is 8.78 Å². The van der Waals surface area contributed by atoms with E-state index >= 15 is 0 Å². The third-order valence-electron chi connectivity index (χ3n) is 5.22. The number of halogens is 2. The summed E-state index contributed by atoms with van der Waals surface area (Å²) >= 11 is 0. The zero-order valence-corrected chi connectivity index (χ0v) is 17.4. The molecule has 7 heteroatoms. The van der Waals surface area contributed by atoms with E-state index in [9.17, 15) is 18.4 Å². The van der Waals surface area contributed by atoms with Crippen molar-refractivity contribution in [2.24, 2.45) is 5.41 Å². The fourth-order valence-electron chi connectivity index (χ4n) is 3.71. The van der Waals surface area contributed by atoms with E-state index in [0.717, 1.165) is 42.4 Å². The van der Waals surface area contributed by atoms with E-state index in [-0.39, 0.29) is 29.3 Å². The SMILES string of the molecule is C[C@H](NC(=O)Cc1cc(F)cc(F)c1)C(=O)NC1CC(C)(C)CNc2ccccc21. The number of nitrogens with one attached hydrogen (secondary N) is 3. The number of anilines is 1. The molecule has 0 bridgehead atoms. The average Bonchev–Trinajstić information content (AvgIpc) is 2.77. The molecule has 0 fully saturated rings. The molecular formula is C23H27F2N3O2. The van der Waals surface area contributed by atoms with Crippen molar-refractivity contribution in [2.45, 2.75) is 45.7 Å². The van der Waals surface area contributed by atoms with Crippen LogP contribution < -0.4 is 16.0 Å². The number of hydrogen-bond donors (Lipinski definition) is 3. The highest BCUT2D eigenvalue weighted by Gasteiger charge is 2.31. The van der Waals surface area contributed by atoms with Gasteiger partial charge in [-0.2, -0.15) is 0 Å².